The number of carboxylic acid groups (broad SMARTS) is 1. The maximum Gasteiger partial charge on any atom is 0.352 e. The number of phenols is 1. The third-order valence-corrected chi connectivity index (χ3v) is 2.92. The second-order valence-corrected chi connectivity index (χ2v) is 4.00. The number of aromatic amines is 2. The van der Waals surface area contributed by atoms with Gasteiger partial charge in [-0.2, -0.15) is 0 Å². The zero-order chi connectivity index (χ0) is 12.7. The molecule has 5 heteroatoms. The van der Waals surface area contributed by atoms with E-state index in [0.717, 1.165) is 16.5 Å². The van der Waals surface area contributed by atoms with Crippen LogP contribution in [0, 0.1) is 0 Å². The molecule has 0 aliphatic heterocycles. The van der Waals surface area contributed by atoms with Crippen LogP contribution in [0.2, 0.25) is 0 Å². The topological polar surface area (TPSA) is 89.1 Å². The number of nitrogens with one attached hydrogen (secondary N) is 2. The van der Waals surface area contributed by atoms with Crippen molar-refractivity contribution in [3.63, 3.8) is 0 Å². The van der Waals surface area contributed by atoms with Gasteiger partial charge in [0.1, 0.15) is 11.4 Å². The molecule has 3 rings (SSSR count). The van der Waals surface area contributed by atoms with Crippen molar-refractivity contribution < 1.29 is 15.0 Å². The Hall–Kier alpha value is -2.69. The summed E-state index contributed by atoms with van der Waals surface area (Å²) in [5, 5.41) is 19.4. The molecule has 5 nitrogen and oxygen atoms in total. The van der Waals surface area contributed by atoms with Crippen LogP contribution >= 0.6 is 0 Å². The molecule has 2 aromatic heterocycles. The Balaban J connectivity index is 2.28. The first kappa shape index (κ1) is 10.5. The van der Waals surface area contributed by atoms with Gasteiger partial charge in [-0.25, -0.2) is 4.79 Å². The van der Waals surface area contributed by atoms with Crippen LogP contribution in [0.15, 0.2) is 36.7 Å². The highest BCUT2D eigenvalue weighted by atomic mass is 16.4. The number of fused-ring (bicyclic) bond motifs is 1. The fourth-order valence-electron chi connectivity index (χ4n) is 2.10. The molecular weight excluding hydrogens is 232 g/mol. The fourth-order valence-corrected chi connectivity index (χ4v) is 2.10. The summed E-state index contributed by atoms with van der Waals surface area (Å²) in [6, 6.07) is 6.65. The monoisotopic (exact) mass is 242 g/mol. The zero-order valence-corrected chi connectivity index (χ0v) is 9.27. The number of aromatic carboxylic acids is 1. The molecule has 2 heterocycles. The first-order valence-electron chi connectivity index (χ1n) is 5.38. The van der Waals surface area contributed by atoms with Crippen LogP contribution in [-0.2, 0) is 0 Å². The second kappa shape index (κ2) is 3.66. The van der Waals surface area contributed by atoms with E-state index in [1.165, 1.54) is 0 Å². The number of carboxylic acids is 1. The minimum absolute atomic E-state index is 0.138. The Morgan fingerprint density at radius 2 is 1.94 bits per heavy atom. The van der Waals surface area contributed by atoms with Gasteiger partial charge in [0.15, 0.2) is 0 Å². The van der Waals surface area contributed by atoms with Crippen LogP contribution < -0.4 is 0 Å². The van der Waals surface area contributed by atoms with Gasteiger partial charge in [0.25, 0.3) is 0 Å². The molecule has 0 saturated heterocycles. The maximum absolute atomic E-state index is 11.1. The zero-order valence-electron chi connectivity index (χ0n) is 9.27. The smallest absolute Gasteiger partial charge is 0.352 e. The van der Waals surface area contributed by atoms with Crippen LogP contribution in [0.3, 0.4) is 0 Å². The number of hydrogen-bond acceptors (Lipinski definition) is 2. The summed E-state index contributed by atoms with van der Waals surface area (Å²) in [5.74, 6) is -0.861. The molecule has 0 fully saturated rings. The van der Waals surface area contributed by atoms with Crippen molar-refractivity contribution >= 4 is 16.9 Å². The van der Waals surface area contributed by atoms with Crippen LogP contribution in [-0.4, -0.2) is 26.2 Å². The molecule has 3 aromatic rings. The number of aromatic hydroxyl groups is 1. The third kappa shape index (κ3) is 1.45. The summed E-state index contributed by atoms with van der Waals surface area (Å²) in [7, 11) is 0. The van der Waals surface area contributed by atoms with E-state index in [2.05, 4.69) is 9.97 Å². The van der Waals surface area contributed by atoms with Gasteiger partial charge < -0.3 is 20.2 Å². The summed E-state index contributed by atoms with van der Waals surface area (Å²) in [5.41, 5.74) is 2.33. The van der Waals surface area contributed by atoms with Crippen molar-refractivity contribution in [2.75, 3.05) is 0 Å². The van der Waals surface area contributed by atoms with Crippen molar-refractivity contribution in [3.05, 3.63) is 42.4 Å². The predicted octanol–water partition coefficient (Wildman–Crippen LogP) is 2.57. The number of benzene rings is 1. The number of H-pyrrole nitrogens is 2. The normalized spacial score (nSPS) is 10.9. The lowest BCUT2D eigenvalue weighted by molar-refractivity contribution is 0.0692. The Morgan fingerprint density at radius 3 is 2.72 bits per heavy atom. The largest absolute Gasteiger partial charge is 0.508 e. The van der Waals surface area contributed by atoms with Crippen LogP contribution in [0.4, 0.5) is 0 Å². The average molecular weight is 242 g/mol. The van der Waals surface area contributed by atoms with Crippen LogP contribution in [0.25, 0.3) is 22.0 Å². The van der Waals surface area contributed by atoms with Gasteiger partial charge in [-0.3, -0.25) is 0 Å². The summed E-state index contributed by atoms with van der Waals surface area (Å²) in [4.78, 5) is 16.8. The second-order valence-electron chi connectivity index (χ2n) is 4.00. The third-order valence-electron chi connectivity index (χ3n) is 2.92. The molecule has 0 saturated carbocycles. The molecule has 0 aliphatic rings. The van der Waals surface area contributed by atoms with Crippen LogP contribution in [0.1, 0.15) is 10.5 Å². The molecule has 0 spiro atoms. The molecule has 0 aliphatic carbocycles. The lowest BCUT2D eigenvalue weighted by Gasteiger charge is -1.99. The first-order valence-corrected chi connectivity index (χ1v) is 5.38. The van der Waals surface area contributed by atoms with Gasteiger partial charge in [0, 0.05) is 34.4 Å². The highest BCUT2D eigenvalue weighted by Crippen LogP contribution is 2.32. The van der Waals surface area contributed by atoms with Gasteiger partial charge in [-0.15, -0.1) is 0 Å². The Morgan fingerprint density at radius 1 is 1.11 bits per heavy atom. The van der Waals surface area contributed by atoms with E-state index in [0.29, 0.717) is 5.56 Å². The SMILES string of the molecule is O=C(O)c1[nH]ccc1-c1c[nH]c2ccc(O)cc12. The molecule has 0 radical (unpaired) electrons. The summed E-state index contributed by atoms with van der Waals surface area (Å²) in [6.45, 7) is 0. The molecular formula is C13H10N2O3. The van der Waals surface area contributed by atoms with Crippen molar-refractivity contribution in [3.8, 4) is 16.9 Å². The minimum Gasteiger partial charge on any atom is -0.508 e. The minimum atomic E-state index is -1.01. The Labute approximate surface area is 102 Å². The highest BCUT2D eigenvalue weighted by molar-refractivity contribution is 6.02. The molecule has 4 N–H and O–H groups in total. The Bertz CT molecular complexity index is 740. The van der Waals surface area contributed by atoms with Crippen molar-refractivity contribution in [1.29, 1.82) is 0 Å². The molecule has 0 unspecified atom stereocenters. The quantitative estimate of drug-likeness (QED) is 0.556. The van der Waals surface area contributed by atoms with Crippen molar-refractivity contribution in [2.24, 2.45) is 0 Å². The van der Waals surface area contributed by atoms with Gasteiger partial charge in [-0.05, 0) is 24.3 Å². The van der Waals surface area contributed by atoms with E-state index in [4.69, 9.17) is 5.11 Å². The number of aromatic nitrogens is 2. The molecule has 0 bridgehead atoms. The summed E-state index contributed by atoms with van der Waals surface area (Å²) in [6.07, 6.45) is 3.32. The average Bonchev–Trinajstić information content (AvgIpc) is 2.92. The summed E-state index contributed by atoms with van der Waals surface area (Å²) >= 11 is 0. The van der Waals surface area contributed by atoms with E-state index >= 15 is 0 Å². The van der Waals surface area contributed by atoms with Crippen molar-refractivity contribution in [2.45, 2.75) is 0 Å². The number of rotatable bonds is 2. The molecule has 18 heavy (non-hydrogen) atoms. The van der Waals surface area contributed by atoms with E-state index in [1.807, 2.05) is 0 Å². The molecule has 90 valence electrons. The van der Waals surface area contributed by atoms with E-state index < -0.39 is 5.97 Å². The predicted molar refractivity (Wildman–Crippen MR) is 66.7 cm³/mol. The lowest BCUT2D eigenvalue weighted by atomic mass is 10.0. The lowest BCUT2D eigenvalue weighted by Crippen LogP contribution is -1.98. The standard InChI is InChI=1S/C13H10N2O3/c16-7-1-2-11-9(5-7)10(6-15-11)8-3-4-14-12(8)13(17)18/h1-6,14-16H,(H,17,18). The number of carbonyl (C=O) groups is 1. The fraction of sp³-hybridized carbons (Fsp3) is 0. The van der Waals surface area contributed by atoms with Crippen molar-refractivity contribution in [1.82, 2.24) is 9.97 Å². The van der Waals surface area contributed by atoms with Gasteiger partial charge >= 0.3 is 5.97 Å². The number of phenolic OH excluding ortho intramolecular Hbond substituents is 1. The molecule has 1 aromatic carbocycles. The van der Waals surface area contributed by atoms with E-state index in [1.54, 1.807) is 36.7 Å². The molecule has 0 amide bonds. The van der Waals surface area contributed by atoms with Crippen LogP contribution in [0.5, 0.6) is 5.75 Å². The van der Waals surface area contributed by atoms with Gasteiger partial charge in [0.2, 0.25) is 0 Å². The van der Waals surface area contributed by atoms with E-state index in [-0.39, 0.29) is 11.4 Å². The Kier molecular flexibility index (Phi) is 2.13. The van der Waals surface area contributed by atoms with Gasteiger partial charge in [0.05, 0.1) is 0 Å². The molecule has 0 atom stereocenters. The maximum atomic E-state index is 11.1. The first-order chi connectivity index (χ1) is 8.66. The summed E-state index contributed by atoms with van der Waals surface area (Å²) < 4.78 is 0. The highest BCUT2D eigenvalue weighted by Gasteiger charge is 2.16. The van der Waals surface area contributed by atoms with E-state index in [9.17, 15) is 9.90 Å². The number of hydrogen-bond donors (Lipinski definition) is 4. The van der Waals surface area contributed by atoms with Gasteiger partial charge in [-0.1, -0.05) is 0 Å².